The van der Waals surface area contributed by atoms with Crippen molar-refractivity contribution in [3.8, 4) is 17.9 Å². The summed E-state index contributed by atoms with van der Waals surface area (Å²) in [6.45, 7) is 2.02. The largest absolute Gasteiger partial charge is 0.198 e. The van der Waals surface area contributed by atoms with Crippen LogP contribution in [0.3, 0.4) is 0 Å². The first-order valence-electron chi connectivity index (χ1n) is 6.40. The van der Waals surface area contributed by atoms with E-state index >= 15 is 0 Å². The van der Waals surface area contributed by atoms with Gasteiger partial charge < -0.3 is 0 Å². The van der Waals surface area contributed by atoms with Crippen molar-refractivity contribution in [1.29, 1.82) is 5.26 Å². The van der Waals surface area contributed by atoms with E-state index in [1.807, 2.05) is 61.5 Å². The van der Waals surface area contributed by atoms with Gasteiger partial charge in [-0.15, -0.1) is 0 Å². The summed E-state index contributed by atoms with van der Waals surface area (Å²) in [5.74, 6) is 6.24. The lowest BCUT2D eigenvalue weighted by Gasteiger charge is -2.05. The molecule has 1 unspecified atom stereocenters. The van der Waals surface area contributed by atoms with E-state index in [1.54, 1.807) is 0 Å². The summed E-state index contributed by atoms with van der Waals surface area (Å²) in [5, 5.41) is 9.02. The van der Waals surface area contributed by atoms with Crippen LogP contribution in [0.5, 0.6) is 0 Å². The van der Waals surface area contributed by atoms with Gasteiger partial charge in [-0.2, -0.15) is 5.26 Å². The highest BCUT2D eigenvalue weighted by atomic mass is 14.3. The van der Waals surface area contributed by atoms with Gasteiger partial charge in [-0.05, 0) is 36.2 Å². The minimum absolute atomic E-state index is 0.0175. The van der Waals surface area contributed by atoms with Crippen LogP contribution in [0.2, 0.25) is 0 Å². The van der Waals surface area contributed by atoms with E-state index in [2.05, 4.69) is 17.9 Å². The van der Waals surface area contributed by atoms with Crippen LogP contribution in [0.4, 0.5) is 0 Å². The zero-order chi connectivity index (χ0) is 13.5. The molecule has 0 spiro atoms. The highest BCUT2D eigenvalue weighted by Crippen LogP contribution is 2.18. The van der Waals surface area contributed by atoms with Gasteiger partial charge in [0.15, 0.2) is 0 Å². The van der Waals surface area contributed by atoms with Crippen LogP contribution < -0.4 is 0 Å². The normalized spacial score (nSPS) is 10.9. The summed E-state index contributed by atoms with van der Waals surface area (Å²) < 4.78 is 0. The Morgan fingerprint density at radius 1 is 0.895 bits per heavy atom. The Hall–Kier alpha value is -2.51. The molecule has 0 amide bonds. The predicted octanol–water partition coefficient (Wildman–Crippen LogP) is 4.10. The molecular formula is C18H15N. The molecule has 2 aromatic rings. The molecule has 0 saturated carbocycles. The molecular weight excluding hydrogens is 230 g/mol. The number of nitriles is 1. The molecule has 1 atom stereocenters. The van der Waals surface area contributed by atoms with Gasteiger partial charge in [0.05, 0.1) is 12.0 Å². The van der Waals surface area contributed by atoms with Gasteiger partial charge in [0.2, 0.25) is 0 Å². The average Bonchev–Trinajstić information content (AvgIpc) is 2.49. The molecule has 0 aliphatic heterocycles. The molecule has 0 aliphatic rings. The predicted molar refractivity (Wildman–Crippen MR) is 77.5 cm³/mol. The van der Waals surface area contributed by atoms with Crippen LogP contribution in [0.1, 0.15) is 36.0 Å². The molecule has 0 radical (unpaired) electrons. The second kappa shape index (κ2) is 6.43. The van der Waals surface area contributed by atoms with Crippen molar-refractivity contribution < 1.29 is 0 Å². The molecule has 1 heteroatoms. The molecule has 2 rings (SSSR count). The number of nitrogens with zero attached hydrogens (tertiary/aromatic N) is 1. The van der Waals surface area contributed by atoms with Crippen molar-refractivity contribution in [3.63, 3.8) is 0 Å². The Morgan fingerprint density at radius 2 is 1.47 bits per heavy atom. The molecule has 0 fully saturated rings. The van der Waals surface area contributed by atoms with E-state index in [4.69, 9.17) is 5.26 Å². The van der Waals surface area contributed by atoms with Crippen molar-refractivity contribution in [2.45, 2.75) is 19.3 Å². The number of hydrogen-bond acceptors (Lipinski definition) is 1. The van der Waals surface area contributed by atoms with Gasteiger partial charge in [-0.3, -0.25) is 0 Å². The zero-order valence-corrected chi connectivity index (χ0v) is 10.9. The lowest BCUT2D eigenvalue weighted by Crippen LogP contribution is -1.93. The molecule has 0 saturated heterocycles. The molecule has 0 N–H and O–H groups in total. The van der Waals surface area contributed by atoms with Crippen molar-refractivity contribution in [2.24, 2.45) is 0 Å². The Kier molecular flexibility index (Phi) is 4.38. The molecule has 0 aliphatic carbocycles. The van der Waals surface area contributed by atoms with E-state index in [9.17, 15) is 0 Å². The second-order valence-electron chi connectivity index (χ2n) is 4.33. The van der Waals surface area contributed by atoms with E-state index in [0.29, 0.717) is 0 Å². The monoisotopic (exact) mass is 245 g/mol. The van der Waals surface area contributed by atoms with Gasteiger partial charge in [0, 0.05) is 11.1 Å². The molecule has 0 heterocycles. The number of hydrogen-bond donors (Lipinski definition) is 0. The summed E-state index contributed by atoms with van der Waals surface area (Å²) in [6.07, 6.45) is 0.839. The van der Waals surface area contributed by atoms with Crippen LogP contribution >= 0.6 is 0 Å². The number of rotatable bonds is 2. The first-order chi connectivity index (χ1) is 9.33. The molecule has 19 heavy (non-hydrogen) atoms. The van der Waals surface area contributed by atoms with E-state index < -0.39 is 0 Å². The molecule has 0 bridgehead atoms. The third-order valence-electron chi connectivity index (χ3n) is 3.00. The van der Waals surface area contributed by atoms with Crippen LogP contribution in [-0.2, 0) is 0 Å². The van der Waals surface area contributed by atoms with Crippen LogP contribution in [0.25, 0.3) is 0 Å². The molecule has 92 valence electrons. The third kappa shape index (κ3) is 3.47. The van der Waals surface area contributed by atoms with E-state index in [0.717, 1.165) is 23.1 Å². The highest BCUT2D eigenvalue weighted by molar-refractivity contribution is 5.43. The van der Waals surface area contributed by atoms with E-state index in [-0.39, 0.29) is 5.92 Å². The number of benzene rings is 2. The smallest absolute Gasteiger partial charge is 0.0710 e. The van der Waals surface area contributed by atoms with Crippen LogP contribution in [0, 0.1) is 23.2 Å². The fourth-order valence-corrected chi connectivity index (χ4v) is 1.87. The Balaban J connectivity index is 2.16. The lowest BCUT2D eigenvalue weighted by atomic mass is 9.97. The molecule has 0 aromatic heterocycles. The average molecular weight is 245 g/mol. The maximum Gasteiger partial charge on any atom is 0.0710 e. The molecule has 1 nitrogen and oxygen atoms in total. The summed E-state index contributed by atoms with van der Waals surface area (Å²) in [4.78, 5) is 0. The summed E-state index contributed by atoms with van der Waals surface area (Å²) in [5.41, 5.74) is 3.05. The summed E-state index contributed by atoms with van der Waals surface area (Å²) in [6, 6.07) is 20.2. The van der Waals surface area contributed by atoms with Gasteiger partial charge in [0.25, 0.3) is 0 Å². The first kappa shape index (κ1) is 12.9. The van der Waals surface area contributed by atoms with Gasteiger partial charge >= 0.3 is 0 Å². The molecule has 2 aromatic carbocycles. The fraction of sp³-hybridized carbons (Fsp3) is 0.167. The topological polar surface area (TPSA) is 23.8 Å². The SMILES string of the molecule is CCC(C#N)c1ccc(C#Cc2ccccc2)cc1. The Bertz CT molecular complexity index is 621. The lowest BCUT2D eigenvalue weighted by molar-refractivity contribution is 0.818. The van der Waals surface area contributed by atoms with E-state index in [1.165, 1.54) is 0 Å². The fourth-order valence-electron chi connectivity index (χ4n) is 1.87. The van der Waals surface area contributed by atoms with Crippen LogP contribution in [-0.4, -0.2) is 0 Å². The minimum atomic E-state index is -0.0175. The third-order valence-corrected chi connectivity index (χ3v) is 3.00. The van der Waals surface area contributed by atoms with Crippen molar-refractivity contribution in [3.05, 3.63) is 71.3 Å². The summed E-state index contributed by atoms with van der Waals surface area (Å²) >= 11 is 0. The quantitative estimate of drug-likeness (QED) is 0.731. The van der Waals surface area contributed by atoms with Crippen molar-refractivity contribution in [2.75, 3.05) is 0 Å². The zero-order valence-electron chi connectivity index (χ0n) is 10.9. The van der Waals surface area contributed by atoms with Gasteiger partial charge in [-0.25, -0.2) is 0 Å². The standard InChI is InChI=1S/C18H15N/c1-2-17(14-19)18-12-10-16(11-13-18)9-8-15-6-4-3-5-7-15/h3-7,10-13,17H,2H2,1H3. The van der Waals surface area contributed by atoms with Gasteiger partial charge in [0.1, 0.15) is 0 Å². The van der Waals surface area contributed by atoms with Crippen molar-refractivity contribution in [1.82, 2.24) is 0 Å². The second-order valence-corrected chi connectivity index (χ2v) is 4.33. The maximum absolute atomic E-state index is 9.02. The summed E-state index contributed by atoms with van der Waals surface area (Å²) in [7, 11) is 0. The van der Waals surface area contributed by atoms with Crippen molar-refractivity contribution >= 4 is 0 Å². The minimum Gasteiger partial charge on any atom is -0.198 e. The van der Waals surface area contributed by atoms with Crippen LogP contribution in [0.15, 0.2) is 54.6 Å². The highest BCUT2D eigenvalue weighted by Gasteiger charge is 2.06. The Morgan fingerprint density at radius 3 is 2.00 bits per heavy atom. The first-order valence-corrected chi connectivity index (χ1v) is 6.40. The Labute approximate surface area is 114 Å². The maximum atomic E-state index is 9.02. The van der Waals surface area contributed by atoms with Gasteiger partial charge in [-0.1, -0.05) is 49.1 Å².